The van der Waals surface area contributed by atoms with E-state index in [-0.39, 0.29) is 36.5 Å². The second-order valence-electron chi connectivity index (χ2n) is 0. The van der Waals surface area contributed by atoms with E-state index in [0.29, 0.717) is 0 Å². The quantitative estimate of drug-likeness (QED) is 0.457. The predicted molar refractivity (Wildman–Crippen MR) is 8.54 cm³/mol. The van der Waals surface area contributed by atoms with E-state index in [1.165, 1.54) is 0 Å². The maximum absolute atomic E-state index is 3.39. The summed E-state index contributed by atoms with van der Waals surface area (Å²) in [6, 6.07) is 0. The van der Waals surface area contributed by atoms with Gasteiger partial charge in [0.15, 0.2) is 0 Å². The molecule has 0 heterocycles. The molecule has 1 radical (unpaired) electrons. The molecule has 0 bridgehead atoms. The zero-order valence-electron chi connectivity index (χ0n) is 2.36. The van der Waals surface area contributed by atoms with Gasteiger partial charge in [-0.3, -0.25) is 0 Å². The molecule has 0 aromatic carbocycles. The molecule has 0 N–H and O–H groups in total. The van der Waals surface area contributed by atoms with E-state index in [0.717, 1.165) is 14.4 Å². The summed E-state index contributed by atoms with van der Waals surface area (Å²) in [7, 11) is 0. The van der Waals surface area contributed by atoms with Crippen molar-refractivity contribution in [2.75, 3.05) is 0 Å². The number of rotatable bonds is 0. The molecule has 0 saturated carbocycles. The molecule has 0 amide bonds. The van der Waals surface area contributed by atoms with E-state index in [9.17, 15) is 0 Å². The maximum atomic E-state index is 3.39. The van der Waals surface area contributed by atoms with Crippen LogP contribution in [0.1, 0.15) is 0 Å². The Bertz CT molecular complexity index is 8.00. The molecule has 0 aromatic rings. The van der Waals surface area contributed by atoms with Crippen molar-refractivity contribution in [3.05, 3.63) is 0 Å². The Morgan fingerprint density at radius 3 is 1.25 bits per heavy atom. The molecular weight excluding hydrogens is 212 g/mol. The van der Waals surface area contributed by atoms with E-state index in [2.05, 4.69) is 14.1 Å². The molecule has 0 aliphatic rings. The molecule has 4 heteroatoms. The van der Waals surface area contributed by atoms with Crippen LogP contribution >= 0.6 is 0 Å². The Balaban J connectivity index is -0.00000000500. The first-order valence-electron chi connectivity index (χ1n) is 0.354. The van der Waals surface area contributed by atoms with Crippen molar-refractivity contribution in [1.82, 2.24) is 0 Å². The van der Waals surface area contributed by atoms with Gasteiger partial charge in [-0.1, -0.05) is 0 Å². The fourth-order valence-electron chi connectivity index (χ4n) is 0. The topological polar surface area (TPSA) is 0 Å². The van der Waals surface area contributed by atoms with Crippen LogP contribution in [0.25, 0.3) is 0 Å². The Labute approximate surface area is 64.5 Å². The molecule has 0 aliphatic heterocycles. The summed E-state index contributed by atoms with van der Waals surface area (Å²) in [5.74, 6) is 0. The molecule has 0 atom stereocenters. The minimum absolute atomic E-state index is 0. The van der Waals surface area contributed by atoms with Crippen LogP contribution in [-0.2, 0) is 50.7 Å². The molecule has 0 rings (SSSR count). The molecule has 0 fully saturated rings. The minimum atomic E-state index is 0. The van der Waals surface area contributed by atoms with Crippen molar-refractivity contribution < 1.29 is 50.7 Å². The van der Waals surface area contributed by atoms with Crippen molar-refractivity contribution in [2.45, 2.75) is 0 Å². The van der Waals surface area contributed by atoms with Gasteiger partial charge in [0.2, 0.25) is 0 Å². The molecule has 0 spiro atoms. The van der Waals surface area contributed by atoms with Crippen LogP contribution in [0.5, 0.6) is 0 Å². The average Bonchev–Trinajstić information content (AvgIpc) is 1.00. The van der Waals surface area contributed by atoms with Crippen molar-refractivity contribution in [1.29, 1.82) is 0 Å². The Kier molecular flexibility index (Phi) is 77.7. The zero-order valence-corrected chi connectivity index (χ0v) is 9.38. The number of hydrogen-bond donors (Lipinski definition) is 0. The van der Waals surface area contributed by atoms with Crippen molar-refractivity contribution >= 4 is 14.4 Å². The Hall–Kier alpha value is 2.19. The van der Waals surface area contributed by atoms with E-state index in [1.54, 1.807) is 0 Å². The van der Waals surface area contributed by atoms with Crippen LogP contribution in [0, 0.1) is 0 Å². The van der Waals surface area contributed by atoms with Gasteiger partial charge in [0.1, 0.15) is 0 Å². The average molecular weight is 214 g/mol. The monoisotopic (exact) mass is 212 g/mol. The van der Waals surface area contributed by atoms with Crippen molar-refractivity contribution in [3.8, 4) is 0 Å². The Morgan fingerprint density at radius 2 is 1.25 bits per heavy atom. The summed E-state index contributed by atoms with van der Waals surface area (Å²) in [5.41, 5.74) is 0. The van der Waals surface area contributed by atoms with Gasteiger partial charge < -0.3 is 0 Å². The smallest absolute Gasteiger partial charge is 0 e. The first kappa shape index (κ1) is 16.4. The third-order valence-corrected chi connectivity index (χ3v) is 0. The fourth-order valence-corrected chi connectivity index (χ4v) is 0. The molecule has 26 valence electrons. The van der Waals surface area contributed by atoms with Crippen molar-refractivity contribution in [2.24, 2.45) is 0 Å². The minimum Gasteiger partial charge on any atom is 0 e. The first-order valence-corrected chi connectivity index (χ1v) is 4.37. The second-order valence-corrected chi connectivity index (χ2v) is 0. The van der Waals surface area contributed by atoms with Gasteiger partial charge in [0.05, 0.1) is 0 Å². The summed E-state index contributed by atoms with van der Waals surface area (Å²) >= 11 is 4.44. The van der Waals surface area contributed by atoms with Gasteiger partial charge in [0.25, 0.3) is 0 Å². The molecule has 0 saturated heterocycles. The predicted octanol–water partition coefficient (Wildman–Crippen LogP) is -0.924. The normalized spacial score (nSPS) is 1.25. The van der Waals surface area contributed by atoms with Crippen molar-refractivity contribution in [3.63, 3.8) is 0 Å². The van der Waals surface area contributed by atoms with Gasteiger partial charge in [-0.25, -0.2) is 0 Å². The van der Waals surface area contributed by atoms with Crippen LogP contribution < -0.4 is 0 Å². The summed E-state index contributed by atoms with van der Waals surface area (Å²) in [4.78, 5) is 0. The van der Waals surface area contributed by atoms with Crippen LogP contribution in [-0.4, -0.2) is 14.4 Å². The first-order chi connectivity index (χ1) is 1.00. The summed E-state index contributed by atoms with van der Waals surface area (Å²) in [6.07, 6.45) is 0. The standard InChI is InChI=1S/Al.Cu.Fe.Zn.2H. The van der Waals surface area contributed by atoms with Gasteiger partial charge in [-0.15, -0.1) is 0 Å². The van der Waals surface area contributed by atoms with Gasteiger partial charge in [-0.05, 0) is 0 Å². The molecule has 0 aromatic heterocycles. The fraction of sp³-hybridized carbons (Fsp3) is 0. The molecule has 0 unspecified atom stereocenters. The van der Waals surface area contributed by atoms with Crippen LogP contribution in [0.15, 0.2) is 0 Å². The van der Waals surface area contributed by atoms with Crippen LogP contribution in [0.3, 0.4) is 0 Å². The molecule has 0 nitrogen and oxygen atoms in total. The van der Waals surface area contributed by atoms with E-state index in [4.69, 9.17) is 0 Å². The summed E-state index contributed by atoms with van der Waals surface area (Å²) in [5, 5.41) is 0. The second kappa shape index (κ2) is 19.0. The molecular formula is H2AlCuFeZn. The molecule has 4 heavy (non-hydrogen) atoms. The number of hydrogen-bond acceptors (Lipinski definition) is 0. The zero-order chi connectivity index (χ0) is 2.00. The third-order valence-electron chi connectivity index (χ3n) is 0. The SMILES string of the molecule is [AlH2][Fe].[Cu].[Zn]. The maximum Gasteiger partial charge on any atom is 0 e. The molecule has 0 aliphatic carbocycles. The van der Waals surface area contributed by atoms with Crippen LogP contribution in [0.2, 0.25) is 0 Å². The van der Waals surface area contributed by atoms with E-state index < -0.39 is 0 Å². The van der Waals surface area contributed by atoms with Gasteiger partial charge in [0, 0.05) is 36.5 Å². The van der Waals surface area contributed by atoms with E-state index >= 15 is 0 Å². The summed E-state index contributed by atoms with van der Waals surface area (Å²) < 4.78 is 0. The largest absolute Gasteiger partial charge is 0 e. The van der Waals surface area contributed by atoms with E-state index in [1.807, 2.05) is 0 Å². The third kappa shape index (κ3) is 8.89. The summed E-state index contributed by atoms with van der Waals surface area (Å²) in [6.45, 7) is 0. The van der Waals surface area contributed by atoms with Gasteiger partial charge >= 0.3 is 28.6 Å². The Morgan fingerprint density at radius 1 is 1.25 bits per heavy atom. The van der Waals surface area contributed by atoms with Gasteiger partial charge in [-0.2, -0.15) is 0 Å². The van der Waals surface area contributed by atoms with Crippen LogP contribution in [0.4, 0.5) is 0 Å².